The molecule has 0 aromatic heterocycles. The van der Waals surface area contributed by atoms with Gasteiger partial charge < -0.3 is 5.32 Å². The summed E-state index contributed by atoms with van der Waals surface area (Å²) in [5.74, 6) is -0.696. The van der Waals surface area contributed by atoms with Gasteiger partial charge in [0.2, 0.25) is 5.91 Å². The Hall–Kier alpha value is -1.52. The second-order valence-corrected chi connectivity index (χ2v) is 4.94. The second kappa shape index (κ2) is 6.08. The van der Waals surface area contributed by atoms with E-state index in [2.05, 4.69) is 17.9 Å². The van der Waals surface area contributed by atoms with Crippen LogP contribution in [-0.2, 0) is 11.2 Å². The first-order valence-corrected chi connectivity index (χ1v) is 6.40. The molecule has 2 nitrogen and oxygen atoms in total. The normalized spacial score (nSPS) is 10.3. The van der Waals surface area contributed by atoms with E-state index >= 15 is 0 Å². The summed E-state index contributed by atoms with van der Waals surface area (Å²) < 4.78 is 13.0. The third-order valence-electron chi connectivity index (χ3n) is 2.50. The summed E-state index contributed by atoms with van der Waals surface area (Å²) in [6.07, 6.45) is 0.239. The number of halogens is 2. The fourth-order valence-electron chi connectivity index (χ4n) is 1.58. The molecule has 98 valence electrons. The molecule has 0 atom stereocenters. The molecule has 0 bridgehead atoms. The molecule has 0 aliphatic heterocycles. The molecule has 0 radical (unpaired) electrons. The van der Waals surface area contributed by atoms with Gasteiger partial charge in [0.1, 0.15) is 5.82 Å². The molecule has 1 N–H and O–H groups in total. The number of rotatable bonds is 3. The van der Waals surface area contributed by atoms with E-state index < -0.39 is 5.82 Å². The minimum absolute atomic E-state index is 0.0165. The zero-order valence-corrected chi connectivity index (χ0v) is 11.5. The van der Waals surface area contributed by atoms with Crippen molar-refractivity contribution in [2.24, 2.45) is 0 Å². The highest BCUT2D eigenvalue weighted by molar-refractivity contribution is 7.80. The Balaban J connectivity index is 2.01. The van der Waals surface area contributed by atoms with Gasteiger partial charge in [0.25, 0.3) is 0 Å². The number of benzene rings is 2. The van der Waals surface area contributed by atoms with Crippen LogP contribution in [0.25, 0.3) is 0 Å². The van der Waals surface area contributed by atoms with E-state index in [4.69, 9.17) is 11.6 Å². The fourth-order valence-corrected chi connectivity index (χ4v) is 1.91. The van der Waals surface area contributed by atoms with Crippen LogP contribution >= 0.6 is 24.2 Å². The lowest BCUT2D eigenvalue weighted by atomic mass is 10.1. The van der Waals surface area contributed by atoms with Crippen LogP contribution in [0.5, 0.6) is 0 Å². The van der Waals surface area contributed by atoms with Crippen LogP contribution in [0.15, 0.2) is 47.4 Å². The molecule has 2 aromatic rings. The van der Waals surface area contributed by atoms with Crippen LogP contribution in [0.2, 0.25) is 5.02 Å². The van der Waals surface area contributed by atoms with Crippen LogP contribution in [-0.4, -0.2) is 5.91 Å². The van der Waals surface area contributed by atoms with Crippen molar-refractivity contribution in [1.82, 2.24) is 0 Å². The van der Waals surface area contributed by atoms with Crippen molar-refractivity contribution in [3.05, 3.63) is 58.9 Å². The van der Waals surface area contributed by atoms with Crippen molar-refractivity contribution in [1.29, 1.82) is 0 Å². The molecule has 19 heavy (non-hydrogen) atoms. The molecule has 0 saturated heterocycles. The molecule has 2 rings (SSSR count). The maximum atomic E-state index is 13.0. The van der Waals surface area contributed by atoms with Crippen molar-refractivity contribution in [2.75, 3.05) is 5.32 Å². The monoisotopic (exact) mass is 295 g/mol. The Morgan fingerprint density at radius 1 is 1.21 bits per heavy atom. The number of carbonyl (C=O) groups is 1. The first kappa shape index (κ1) is 13.9. The third-order valence-corrected chi connectivity index (χ3v) is 3.09. The molecule has 0 unspecified atom stereocenters. The van der Waals surface area contributed by atoms with Crippen molar-refractivity contribution >= 4 is 35.8 Å². The highest BCUT2D eigenvalue weighted by atomic mass is 35.5. The fraction of sp³-hybridized carbons (Fsp3) is 0.0714. The van der Waals surface area contributed by atoms with Crippen molar-refractivity contribution in [2.45, 2.75) is 11.3 Å². The summed E-state index contributed by atoms with van der Waals surface area (Å²) in [5, 5.41) is 2.65. The van der Waals surface area contributed by atoms with Crippen molar-refractivity contribution < 1.29 is 9.18 Å². The van der Waals surface area contributed by atoms with Gasteiger partial charge in [-0.2, -0.15) is 0 Å². The summed E-state index contributed by atoms with van der Waals surface area (Å²) in [4.78, 5) is 12.6. The molecule has 2 aromatic carbocycles. The number of carbonyl (C=O) groups excluding carboxylic acids is 1. The van der Waals surface area contributed by atoms with Gasteiger partial charge in [-0.3, -0.25) is 4.79 Å². The molecule has 1 amide bonds. The van der Waals surface area contributed by atoms with E-state index in [9.17, 15) is 9.18 Å². The molecule has 0 spiro atoms. The van der Waals surface area contributed by atoms with E-state index in [1.54, 1.807) is 0 Å². The second-order valence-electron chi connectivity index (χ2n) is 4.02. The number of amides is 1. The van der Waals surface area contributed by atoms with Crippen LogP contribution in [0.3, 0.4) is 0 Å². The Morgan fingerprint density at radius 2 is 1.89 bits per heavy atom. The Bertz CT molecular complexity index is 601. The molecule has 0 heterocycles. The SMILES string of the molecule is O=C(Cc1ccc(S)cc1)Nc1ccc(F)c(Cl)c1. The smallest absolute Gasteiger partial charge is 0.228 e. The highest BCUT2D eigenvalue weighted by Crippen LogP contribution is 2.19. The van der Waals surface area contributed by atoms with E-state index in [0.717, 1.165) is 10.5 Å². The van der Waals surface area contributed by atoms with Gasteiger partial charge in [0.05, 0.1) is 11.4 Å². The van der Waals surface area contributed by atoms with Gasteiger partial charge in [-0.15, -0.1) is 12.6 Å². The summed E-state index contributed by atoms with van der Waals surface area (Å²) in [6.45, 7) is 0. The minimum Gasteiger partial charge on any atom is -0.326 e. The predicted molar refractivity (Wildman–Crippen MR) is 77.4 cm³/mol. The topological polar surface area (TPSA) is 29.1 Å². The largest absolute Gasteiger partial charge is 0.326 e. The van der Waals surface area contributed by atoms with Crippen LogP contribution in [0, 0.1) is 5.82 Å². The highest BCUT2D eigenvalue weighted by Gasteiger charge is 2.06. The quantitative estimate of drug-likeness (QED) is 0.825. The number of hydrogen-bond acceptors (Lipinski definition) is 2. The first-order valence-electron chi connectivity index (χ1n) is 5.57. The van der Waals surface area contributed by atoms with Gasteiger partial charge in [-0.1, -0.05) is 23.7 Å². The summed E-state index contributed by atoms with van der Waals surface area (Å²) in [7, 11) is 0. The molecular formula is C14H11ClFNOS. The molecule has 0 aliphatic rings. The maximum Gasteiger partial charge on any atom is 0.228 e. The number of thiol groups is 1. The average molecular weight is 296 g/mol. The number of anilines is 1. The maximum absolute atomic E-state index is 13.0. The predicted octanol–water partition coefficient (Wildman–Crippen LogP) is 3.95. The van der Waals surface area contributed by atoms with E-state index in [1.807, 2.05) is 24.3 Å². The Kier molecular flexibility index (Phi) is 4.45. The molecule has 0 saturated carbocycles. The first-order chi connectivity index (χ1) is 9.04. The van der Waals surface area contributed by atoms with E-state index in [0.29, 0.717) is 5.69 Å². The van der Waals surface area contributed by atoms with Gasteiger partial charge in [-0.25, -0.2) is 4.39 Å². The average Bonchev–Trinajstić information content (AvgIpc) is 2.37. The zero-order valence-electron chi connectivity index (χ0n) is 9.86. The lowest BCUT2D eigenvalue weighted by molar-refractivity contribution is -0.115. The molecule has 5 heteroatoms. The zero-order chi connectivity index (χ0) is 13.8. The van der Waals surface area contributed by atoms with Gasteiger partial charge >= 0.3 is 0 Å². The van der Waals surface area contributed by atoms with Gasteiger partial charge in [0.15, 0.2) is 0 Å². The molecular weight excluding hydrogens is 285 g/mol. The summed E-state index contributed by atoms with van der Waals surface area (Å²) >= 11 is 9.81. The third kappa shape index (κ3) is 3.98. The Morgan fingerprint density at radius 3 is 2.53 bits per heavy atom. The standard InChI is InChI=1S/C14H11ClFNOS/c15-12-8-10(3-6-13(12)16)17-14(18)7-9-1-4-11(19)5-2-9/h1-6,8,19H,7H2,(H,17,18). The minimum atomic E-state index is -0.510. The van der Waals surface area contributed by atoms with E-state index in [1.165, 1.54) is 18.2 Å². The summed E-state index contributed by atoms with van der Waals surface area (Å²) in [6, 6.07) is 11.4. The lowest BCUT2D eigenvalue weighted by Gasteiger charge is -2.06. The number of hydrogen-bond donors (Lipinski definition) is 2. The van der Waals surface area contributed by atoms with Crippen LogP contribution in [0.1, 0.15) is 5.56 Å². The van der Waals surface area contributed by atoms with E-state index in [-0.39, 0.29) is 17.4 Å². The molecule has 0 aliphatic carbocycles. The van der Waals surface area contributed by atoms with Gasteiger partial charge in [-0.05, 0) is 35.9 Å². The van der Waals surface area contributed by atoms with Crippen molar-refractivity contribution in [3.8, 4) is 0 Å². The molecule has 0 fully saturated rings. The van der Waals surface area contributed by atoms with Crippen LogP contribution < -0.4 is 5.32 Å². The van der Waals surface area contributed by atoms with Gasteiger partial charge in [0, 0.05) is 10.6 Å². The van der Waals surface area contributed by atoms with Crippen LogP contribution in [0.4, 0.5) is 10.1 Å². The Labute approximate surface area is 121 Å². The lowest BCUT2D eigenvalue weighted by Crippen LogP contribution is -2.14. The number of nitrogens with one attached hydrogen (secondary N) is 1. The summed E-state index contributed by atoms with van der Waals surface area (Å²) in [5.41, 5.74) is 1.35. The van der Waals surface area contributed by atoms with Crippen molar-refractivity contribution in [3.63, 3.8) is 0 Å².